The smallest absolute Gasteiger partial charge is 0.185 e. The maximum atomic E-state index is 4.77. The first-order valence-corrected chi connectivity index (χ1v) is 6.94. The molecule has 1 N–H and O–H groups in total. The van der Waals surface area contributed by atoms with E-state index < -0.39 is 0 Å². The number of nitrogens with zero attached hydrogens (tertiary/aromatic N) is 2. The first-order valence-electron chi connectivity index (χ1n) is 6.12. The van der Waals surface area contributed by atoms with Crippen molar-refractivity contribution in [2.45, 2.75) is 38.6 Å². The highest BCUT2D eigenvalue weighted by Crippen LogP contribution is 2.35. The van der Waals surface area contributed by atoms with Gasteiger partial charge in [0.2, 0.25) is 0 Å². The van der Waals surface area contributed by atoms with Crippen LogP contribution >= 0.6 is 11.3 Å². The molecule has 1 heterocycles. The lowest BCUT2D eigenvalue weighted by Gasteiger charge is -2.21. The fourth-order valence-electron chi connectivity index (χ4n) is 2.11. The van der Waals surface area contributed by atoms with E-state index in [0.29, 0.717) is 6.04 Å². The van der Waals surface area contributed by atoms with Gasteiger partial charge in [0.15, 0.2) is 5.13 Å². The molecular weight excluding hydrogens is 218 g/mol. The third-order valence-electron chi connectivity index (χ3n) is 2.97. The van der Waals surface area contributed by atoms with Crippen molar-refractivity contribution in [3.05, 3.63) is 10.6 Å². The molecule has 16 heavy (non-hydrogen) atoms. The summed E-state index contributed by atoms with van der Waals surface area (Å²) >= 11 is 1.86. The lowest BCUT2D eigenvalue weighted by atomic mass is 9.97. The SMILES string of the molecule is CCCNC1CCCc2sc(N(C)C)nc21. The number of nitrogens with one attached hydrogen (secondary N) is 1. The highest BCUT2D eigenvalue weighted by atomic mass is 32.1. The van der Waals surface area contributed by atoms with E-state index in [1.54, 1.807) is 0 Å². The van der Waals surface area contributed by atoms with Gasteiger partial charge in [-0.2, -0.15) is 0 Å². The largest absolute Gasteiger partial charge is 0.354 e. The van der Waals surface area contributed by atoms with Crippen LogP contribution in [0, 0.1) is 0 Å². The van der Waals surface area contributed by atoms with Crippen molar-refractivity contribution in [2.24, 2.45) is 0 Å². The number of aromatic nitrogens is 1. The van der Waals surface area contributed by atoms with Crippen molar-refractivity contribution in [1.82, 2.24) is 10.3 Å². The van der Waals surface area contributed by atoms with Gasteiger partial charge < -0.3 is 10.2 Å². The van der Waals surface area contributed by atoms with Crippen molar-refractivity contribution in [3.63, 3.8) is 0 Å². The predicted molar refractivity (Wildman–Crippen MR) is 70.4 cm³/mol. The van der Waals surface area contributed by atoms with Gasteiger partial charge in [0.1, 0.15) is 0 Å². The van der Waals surface area contributed by atoms with E-state index in [-0.39, 0.29) is 0 Å². The molecule has 0 spiro atoms. The standard InChI is InChI=1S/C12H21N3S/c1-4-8-13-9-6-5-7-10-11(9)14-12(16-10)15(2)3/h9,13H,4-8H2,1-3H3. The Kier molecular flexibility index (Phi) is 3.82. The summed E-state index contributed by atoms with van der Waals surface area (Å²) in [5.74, 6) is 0. The van der Waals surface area contributed by atoms with E-state index in [4.69, 9.17) is 4.98 Å². The van der Waals surface area contributed by atoms with Gasteiger partial charge in [-0.15, -0.1) is 11.3 Å². The van der Waals surface area contributed by atoms with Crippen LogP contribution in [0.4, 0.5) is 5.13 Å². The molecule has 0 radical (unpaired) electrons. The quantitative estimate of drug-likeness (QED) is 0.875. The number of hydrogen-bond acceptors (Lipinski definition) is 4. The predicted octanol–water partition coefficient (Wildman–Crippen LogP) is 2.59. The summed E-state index contributed by atoms with van der Waals surface area (Å²) in [6.07, 6.45) is 4.94. The third-order valence-corrected chi connectivity index (χ3v) is 4.26. The minimum atomic E-state index is 0.494. The molecule has 0 bridgehead atoms. The van der Waals surface area contributed by atoms with Crippen LogP contribution in [0.2, 0.25) is 0 Å². The van der Waals surface area contributed by atoms with Gasteiger partial charge >= 0.3 is 0 Å². The Balaban J connectivity index is 2.17. The summed E-state index contributed by atoms with van der Waals surface area (Å²) in [5, 5.41) is 4.75. The number of hydrogen-bond donors (Lipinski definition) is 1. The molecule has 3 nitrogen and oxygen atoms in total. The molecule has 0 saturated carbocycles. The second-order valence-corrected chi connectivity index (χ2v) is 5.66. The Morgan fingerprint density at radius 3 is 3.00 bits per heavy atom. The number of fused-ring (bicyclic) bond motifs is 1. The Labute approximate surface area is 102 Å². The molecule has 0 aromatic carbocycles. The molecule has 1 atom stereocenters. The molecule has 0 saturated heterocycles. The topological polar surface area (TPSA) is 28.2 Å². The van der Waals surface area contributed by atoms with Gasteiger partial charge in [-0.3, -0.25) is 0 Å². The summed E-state index contributed by atoms with van der Waals surface area (Å²) in [6, 6.07) is 0.494. The van der Waals surface area contributed by atoms with Crippen LogP contribution in [0.15, 0.2) is 0 Å². The summed E-state index contributed by atoms with van der Waals surface area (Å²) in [6.45, 7) is 3.31. The van der Waals surface area contributed by atoms with E-state index in [2.05, 4.69) is 31.2 Å². The Morgan fingerprint density at radius 1 is 1.50 bits per heavy atom. The van der Waals surface area contributed by atoms with Crippen LogP contribution in [0.25, 0.3) is 0 Å². The number of aryl methyl sites for hydroxylation is 1. The molecule has 1 aromatic heterocycles. The van der Waals surface area contributed by atoms with Crippen LogP contribution in [0.5, 0.6) is 0 Å². The highest BCUT2D eigenvalue weighted by Gasteiger charge is 2.24. The minimum absolute atomic E-state index is 0.494. The minimum Gasteiger partial charge on any atom is -0.354 e. The fraction of sp³-hybridized carbons (Fsp3) is 0.750. The van der Waals surface area contributed by atoms with E-state index in [1.165, 1.54) is 36.3 Å². The summed E-state index contributed by atoms with van der Waals surface area (Å²) < 4.78 is 0. The summed E-state index contributed by atoms with van der Waals surface area (Å²) in [4.78, 5) is 8.37. The number of thiazole rings is 1. The van der Waals surface area contributed by atoms with Crippen LogP contribution in [-0.2, 0) is 6.42 Å². The van der Waals surface area contributed by atoms with Crippen LogP contribution in [-0.4, -0.2) is 25.6 Å². The second-order valence-electron chi connectivity index (χ2n) is 4.60. The Bertz CT molecular complexity index is 346. The molecule has 1 aliphatic carbocycles. The van der Waals surface area contributed by atoms with Gasteiger partial charge in [-0.05, 0) is 32.2 Å². The second kappa shape index (κ2) is 5.15. The van der Waals surface area contributed by atoms with Crippen molar-refractivity contribution in [3.8, 4) is 0 Å². The van der Waals surface area contributed by atoms with E-state index in [9.17, 15) is 0 Å². The molecule has 1 aliphatic rings. The van der Waals surface area contributed by atoms with E-state index in [0.717, 1.165) is 11.7 Å². The van der Waals surface area contributed by atoms with Crippen LogP contribution in [0.3, 0.4) is 0 Å². The van der Waals surface area contributed by atoms with Gasteiger partial charge in [-0.1, -0.05) is 6.92 Å². The number of anilines is 1. The third kappa shape index (κ3) is 2.38. The maximum absolute atomic E-state index is 4.77. The molecule has 4 heteroatoms. The van der Waals surface area contributed by atoms with Crippen molar-refractivity contribution in [2.75, 3.05) is 25.5 Å². The molecular formula is C12H21N3S. The van der Waals surface area contributed by atoms with Gasteiger partial charge in [0.05, 0.1) is 11.7 Å². The van der Waals surface area contributed by atoms with Gasteiger partial charge in [-0.25, -0.2) is 4.98 Å². The lowest BCUT2D eigenvalue weighted by molar-refractivity contribution is 0.454. The zero-order chi connectivity index (χ0) is 11.5. The Morgan fingerprint density at radius 2 is 2.31 bits per heavy atom. The normalized spacial score (nSPS) is 19.6. The average molecular weight is 239 g/mol. The zero-order valence-electron chi connectivity index (χ0n) is 10.4. The van der Waals surface area contributed by atoms with E-state index in [1.807, 2.05) is 11.3 Å². The zero-order valence-corrected chi connectivity index (χ0v) is 11.2. The van der Waals surface area contributed by atoms with Gasteiger partial charge in [0, 0.05) is 19.0 Å². The summed E-state index contributed by atoms with van der Waals surface area (Å²) in [5.41, 5.74) is 1.31. The van der Waals surface area contributed by atoms with Crippen molar-refractivity contribution in [1.29, 1.82) is 0 Å². The average Bonchev–Trinajstić information content (AvgIpc) is 2.70. The first-order chi connectivity index (χ1) is 7.72. The van der Waals surface area contributed by atoms with Crippen molar-refractivity contribution >= 4 is 16.5 Å². The number of rotatable bonds is 4. The first kappa shape index (κ1) is 11.9. The molecule has 90 valence electrons. The van der Waals surface area contributed by atoms with Crippen LogP contribution in [0.1, 0.15) is 42.8 Å². The Hall–Kier alpha value is -0.610. The summed E-state index contributed by atoms with van der Waals surface area (Å²) in [7, 11) is 4.14. The van der Waals surface area contributed by atoms with Crippen LogP contribution < -0.4 is 10.2 Å². The highest BCUT2D eigenvalue weighted by molar-refractivity contribution is 7.15. The maximum Gasteiger partial charge on any atom is 0.185 e. The van der Waals surface area contributed by atoms with Gasteiger partial charge in [0.25, 0.3) is 0 Å². The monoisotopic (exact) mass is 239 g/mol. The lowest BCUT2D eigenvalue weighted by Crippen LogP contribution is -2.25. The molecule has 0 amide bonds. The molecule has 0 aliphatic heterocycles. The van der Waals surface area contributed by atoms with Crippen molar-refractivity contribution < 1.29 is 0 Å². The molecule has 1 aromatic rings. The molecule has 2 rings (SSSR count). The molecule has 0 fully saturated rings. The molecule has 1 unspecified atom stereocenters. The van der Waals surface area contributed by atoms with E-state index >= 15 is 0 Å². The fourth-order valence-corrected chi connectivity index (χ4v) is 3.20.